The molecule has 166 valence electrons. The van der Waals surface area contributed by atoms with Gasteiger partial charge >= 0.3 is 0 Å². The van der Waals surface area contributed by atoms with Crippen molar-refractivity contribution in [2.24, 2.45) is 4.99 Å². The molecule has 0 saturated carbocycles. The van der Waals surface area contributed by atoms with Crippen molar-refractivity contribution < 1.29 is 14.3 Å². The van der Waals surface area contributed by atoms with Crippen LogP contribution in [0.2, 0.25) is 0 Å². The van der Waals surface area contributed by atoms with Crippen molar-refractivity contribution in [2.75, 3.05) is 18.1 Å². The first-order valence-corrected chi connectivity index (χ1v) is 11.4. The molecule has 0 fully saturated rings. The highest BCUT2D eigenvalue weighted by molar-refractivity contribution is 6.55. The highest BCUT2D eigenvalue weighted by Crippen LogP contribution is 2.54. The van der Waals surface area contributed by atoms with Crippen molar-refractivity contribution in [3.8, 4) is 11.5 Å². The second-order valence-electron chi connectivity index (χ2n) is 9.82. The van der Waals surface area contributed by atoms with Crippen molar-refractivity contribution in [1.82, 2.24) is 0 Å². The van der Waals surface area contributed by atoms with Crippen molar-refractivity contribution in [1.29, 1.82) is 0 Å². The van der Waals surface area contributed by atoms with Gasteiger partial charge in [-0.05, 0) is 43.5 Å². The quantitative estimate of drug-likeness (QED) is 0.537. The summed E-state index contributed by atoms with van der Waals surface area (Å²) in [4.78, 5) is 20.6. The zero-order valence-electron chi connectivity index (χ0n) is 19.1. The molecule has 0 unspecified atom stereocenters. The van der Waals surface area contributed by atoms with E-state index in [0.29, 0.717) is 36.1 Å². The van der Waals surface area contributed by atoms with Crippen molar-refractivity contribution in [3.05, 3.63) is 83.4 Å². The number of nitrogens with zero attached hydrogens (tertiary/aromatic N) is 2. The highest BCUT2D eigenvalue weighted by atomic mass is 16.6. The standard InChI is InChI=1S/C28H26N2O3/c1-27(2)17-28(3,18-8-5-4-6-9-18)21-11-7-10-20-24(26(31)30(27)25(20)21)29-19-12-13-22-23(16-19)33-15-14-32-22/h4-13,16H,14-15,17H2,1-3H3/t28-/m0/s1. The lowest BCUT2D eigenvalue weighted by Crippen LogP contribution is -2.54. The summed E-state index contributed by atoms with van der Waals surface area (Å²) in [7, 11) is 0. The summed E-state index contributed by atoms with van der Waals surface area (Å²) < 4.78 is 11.3. The lowest BCUT2D eigenvalue weighted by atomic mass is 9.65. The molecular formula is C28H26N2O3. The Morgan fingerprint density at radius 1 is 0.879 bits per heavy atom. The van der Waals surface area contributed by atoms with E-state index in [2.05, 4.69) is 51.1 Å². The average molecular weight is 439 g/mol. The number of rotatable bonds is 2. The molecule has 3 aromatic carbocycles. The minimum Gasteiger partial charge on any atom is -0.486 e. The second kappa shape index (κ2) is 6.95. The predicted molar refractivity (Wildman–Crippen MR) is 129 cm³/mol. The van der Waals surface area contributed by atoms with Gasteiger partial charge in [0.25, 0.3) is 5.91 Å². The zero-order valence-corrected chi connectivity index (χ0v) is 19.1. The molecule has 33 heavy (non-hydrogen) atoms. The largest absolute Gasteiger partial charge is 0.486 e. The Morgan fingerprint density at radius 2 is 1.64 bits per heavy atom. The van der Waals surface area contributed by atoms with Crippen LogP contribution in [-0.4, -0.2) is 30.4 Å². The molecule has 5 heteroatoms. The number of carbonyl (C=O) groups is 1. The Labute approximate surface area is 193 Å². The fraction of sp³-hybridized carbons (Fsp3) is 0.286. The molecule has 0 saturated heterocycles. The third-order valence-corrected chi connectivity index (χ3v) is 7.08. The zero-order chi connectivity index (χ0) is 22.8. The first-order chi connectivity index (χ1) is 15.9. The van der Waals surface area contributed by atoms with Gasteiger partial charge in [-0.1, -0.05) is 55.5 Å². The van der Waals surface area contributed by atoms with Crippen molar-refractivity contribution in [3.63, 3.8) is 0 Å². The summed E-state index contributed by atoms with van der Waals surface area (Å²) in [6, 6.07) is 22.4. The minimum absolute atomic E-state index is 0.0487. The molecule has 6 rings (SSSR count). The fourth-order valence-electron chi connectivity index (χ4n) is 5.76. The summed E-state index contributed by atoms with van der Waals surface area (Å²) >= 11 is 0. The van der Waals surface area contributed by atoms with Gasteiger partial charge < -0.3 is 14.4 Å². The van der Waals surface area contributed by atoms with Gasteiger partial charge in [-0.3, -0.25) is 4.79 Å². The van der Waals surface area contributed by atoms with E-state index in [4.69, 9.17) is 14.5 Å². The van der Waals surface area contributed by atoms with E-state index in [1.165, 1.54) is 11.1 Å². The highest BCUT2D eigenvalue weighted by Gasteiger charge is 2.53. The number of fused-ring (bicyclic) bond motifs is 1. The molecule has 1 amide bonds. The maximum absolute atomic E-state index is 13.8. The van der Waals surface area contributed by atoms with Crippen LogP contribution in [0.4, 0.5) is 11.4 Å². The maximum Gasteiger partial charge on any atom is 0.278 e. The Hall–Kier alpha value is -3.60. The van der Waals surface area contributed by atoms with E-state index in [1.807, 2.05) is 41.3 Å². The van der Waals surface area contributed by atoms with Crippen LogP contribution in [0, 0.1) is 0 Å². The number of aliphatic imine (C=N–C) groups is 1. The van der Waals surface area contributed by atoms with E-state index < -0.39 is 0 Å². The molecule has 0 spiro atoms. The average Bonchev–Trinajstić information content (AvgIpc) is 3.11. The topological polar surface area (TPSA) is 51.1 Å². The number of amides is 1. The first-order valence-electron chi connectivity index (χ1n) is 11.4. The van der Waals surface area contributed by atoms with Gasteiger partial charge in [0.1, 0.15) is 18.9 Å². The summed E-state index contributed by atoms with van der Waals surface area (Å²) in [5, 5.41) is 0. The van der Waals surface area contributed by atoms with Gasteiger partial charge in [-0.25, -0.2) is 4.99 Å². The Kier molecular flexibility index (Phi) is 4.22. The molecule has 3 aliphatic rings. The molecule has 3 aliphatic heterocycles. The molecule has 3 aromatic rings. The van der Waals surface area contributed by atoms with Crippen LogP contribution in [-0.2, 0) is 10.2 Å². The lowest BCUT2D eigenvalue weighted by Gasteiger charge is -2.49. The number of para-hydroxylation sites is 1. The third kappa shape index (κ3) is 2.92. The molecule has 0 bridgehead atoms. The van der Waals surface area contributed by atoms with Gasteiger partial charge in [0.15, 0.2) is 11.5 Å². The number of hydrogen-bond donors (Lipinski definition) is 0. The molecule has 1 atom stereocenters. The van der Waals surface area contributed by atoms with Crippen LogP contribution in [0.1, 0.15) is 43.9 Å². The lowest BCUT2D eigenvalue weighted by molar-refractivity contribution is -0.113. The Balaban J connectivity index is 1.53. The summed E-state index contributed by atoms with van der Waals surface area (Å²) in [6.45, 7) is 7.65. The molecular weight excluding hydrogens is 412 g/mol. The van der Waals surface area contributed by atoms with E-state index in [9.17, 15) is 4.79 Å². The molecule has 5 nitrogen and oxygen atoms in total. The van der Waals surface area contributed by atoms with Gasteiger partial charge in [-0.2, -0.15) is 0 Å². The monoisotopic (exact) mass is 438 g/mol. The van der Waals surface area contributed by atoms with E-state index >= 15 is 0 Å². The van der Waals surface area contributed by atoms with Crippen LogP contribution in [0.3, 0.4) is 0 Å². The number of hydrogen-bond acceptors (Lipinski definition) is 4. The van der Waals surface area contributed by atoms with Gasteiger partial charge in [0, 0.05) is 22.6 Å². The Bertz CT molecular complexity index is 1310. The van der Waals surface area contributed by atoms with E-state index in [1.54, 1.807) is 0 Å². The number of anilines is 1. The molecule has 0 aromatic heterocycles. The summed E-state index contributed by atoms with van der Waals surface area (Å²) in [5.74, 6) is 1.33. The predicted octanol–water partition coefficient (Wildman–Crippen LogP) is 5.41. The van der Waals surface area contributed by atoms with Crippen LogP contribution in [0.5, 0.6) is 11.5 Å². The second-order valence-corrected chi connectivity index (χ2v) is 9.82. The number of ether oxygens (including phenoxy) is 2. The Morgan fingerprint density at radius 3 is 2.42 bits per heavy atom. The van der Waals surface area contributed by atoms with Gasteiger partial charge in [0.2, 0.25) is 0 Å². The van der Waals surface area contributed by atoms with E-state index in [0.717, 1.165) is 17.7 Å². The summed E-state index contributed by atoms with van der Waals surface area (Å²) in [5.41, 5.74) is 4.90. The van der Waals surface area contributed by atoms with Crippen LogP contribution in [0.25, 0.3) is 0 Å². The van der Waals surface area contributed by atoms with Crippen LogP contribution < -0.4 is 14.4 Å². The SMILES string of the molecule is CC1(C)C[C@@](C)(c2ccccc2)c2cccc3c2N1C(=O)C3=Nc1ccc2c(c1)OCCO2. The molecule has 0 N–H and O–H groups in total. The molecule has 0 aliphatic carbocycles. The van der Waals surface area contributed by atoms with Gasteiger partial charge in [-0.15, -0.1) is 0 Å². The third-order valence-electron chi connectivity index (χ3n) is 7.08. The minimum atomic E-state index is -0.366. The van der Waals surface area contributed by atoms with Crippen molar-refractivity contribution >= 4 is 23.0 Å². The number of benzene rings is 3. The van der Waals surface area contributed by atoms with Crippen LogP contribution in [0.15, 0.2) is 71.7 Å². The summed E-state index contributed by atoms with van der Waals surface area (Å²) in [6.07, 6.45) is 0.823. The normalized spacial score (nSPS) is 23.5. The fourth-order valence-corrected chi connectivity index (χ4v) is 5.76. The van der Waals surface area contributed by atoms with Gasteiger partial charge in [0.05, 0.1) is 11.4 Å². The maximum atomic E-state index is 13.8. The smallest absolute Gasteiger partial charge is 0.278 e. The first kappa shape index (κ1) is 20.0. The molecule has 0 radical (unpaired) electrons. The van der Waals surface area contributed by atoms with Crippen molar-refractivity contribution in [2.45, 2.75) is 38.1 Å². The number of carbonyl (C=O) groups excluding carboxylic acids is 1. The van der Waals surface area contributed by atoms with E-state index in [-0.39, 0.29) is 16.9 Å². The van der Waals surface area contributed by atoms with Crippen LogP contribution >= 0.6 is 0 Å². The molecule has 3 heterocycles.